The topological polar surface area (TPSA) is 49.4 Å². The van der Waals surface area contributed by atoms with Gasteiger partial charge in [0.2, 0.25) is 11.8 Å². The summed E-state index contributed by atoms with van der Waals surface area (Å²) in [5.74, 6) is 1.40. The van der Waals surface area contributed by atoms with Crippen LogP contribution in [0.2, 0.25) is 10.0 Å². The number of nitrogens with one attached hydrogen (secondary N) is 1. The van der Waals surface area contributed by atoms with Gasteiger partial charge < -0.3 is 10.2 Å². The SMILES string of the molecule is CCCNC(=O)C(CC)N(Cc1ccc(Cl)c(Cl)c1)C(=O)CCSCc1ccccc1. The van der Waals surface area contributed by atoms with Crippen molar-refractivity contribution in [1.82, 2.24) is 10.2 Å². The highest BCUT2D eigenvalue weighted by molar-refractivity contribution is 7.98. The van der Waals surface area contributed by atoms with Gasteiger partial charge in [0.25, 0.3) is 0 Å². The first-order chi connectivity index (χ1) is 15.0. The van der Waals surface area contributed by atoms with Crippen LogP contribution in [0.3, 0.4) is 0 Å². The van der Waals surface area contributed by atoms with Crippen LogP contribution in [-0.2, 0) is 21.9 Å². The number of benzene rings is 2. The molecule has 2 aromatic rings. The van der Waals surface area contributed by atoms with Gasteiger partial charge in [-0.25, -0.2) is 0 Å². The fraction of sp³-hybridized carbons (Fsp3) is 0.417. The van der Waals surface area contributed by atoms with Gasteiger partial charge in [-0.2, -0.15) is 11.8 Å². The van der Waals surface area contributed by atoms with Gasteiger partial charge in [-0.1, -0.05) is 73.4 Å². The van der Waals surface area contributed by atoms with E-state index < -0.39 is 6.04 Å². The van der Waals surface area contributed by atoms with Crippen molar-refractivity contribution in [2.45, 2.75) is 51.4 Å². The lowest BCUT2D eigenvalue weighted by Gasteiger charge is -2.31. The van der Waals surface area contributed by atoms with Gasteiger partial charge in [-0.05, 0) is 36.1 Å². The Morgan fingerprint density at radius 1 is 1.03 bits per heavy atom. The van der Waals surface area contributed by atoms with Gasteiger partial charge in [0.1, 0.15) is 6.04 Å². The van der Waals surface area contributed by atoms with E-state index in [0.717, 1.165) is 17.7 Å². The molecule has 0 aliphatic heterocycles. The van der Waals surface area contributed by atoms with E-state index in [1.165, 1.54) is 5.56 Å². The van der Waals surface area contributed by atoms with Crippen LogP contribution in [0.15, 0.2) is 48.5 Å². The zero-order valence-electron chi connectivity index (χ0n) is 18.1. The van der Waals surface area contributed by atoms with Crippen LogP contribution >= 0.6 is 35.0 Å². The number of rotatable bonds is 12. The van der Waals surface area contributed by atoms with Crippen LogP contribution in [0, 0.1) is 0 Å². The first kappa shape index (κ1) is 25.6. The smallest absolute Gasteiger partial charge is 0.242 e. The standard InChI is InChI=1S/C24H30Cl2N2O2S/c1-3-13-27-24(30)22(4-2)28(16-19-10-11-20(25)21(26)15-19)23(29)12-14-31-17-18-8-6-5-7-9-18/h5-11,15,22H,3-4,12-14,16-17H2,1-2H3,(H,27,30). The molecule has 0 aromatic heterocycles. The van der Waals surface area contributed by atoms with Crippen LogP contribution in [0.25, 0.3) is 0 Å². The second-order valence-electron chi connectivity index (χ2n) is 7.27. The van der Waals surface area contributed by atoms with E-state index in [-0.39, 0.29) is 11.8 Å². The highest BCUT2D eigenvalue weighted by Gasteiger charge is 2.28. The molecule has 2 rings (SSSR count). The second-order valence-corrected chi connectivity index (χ2v) is 9.19. The quantitative estimate of drug-likeness (QED) is 0.381. The number of halogens is 2. The van der Waals surface area contributed by atoms with Crippen molar-refractivity contribution in [3.8, 4) is 0 Å². The molecule has 2 aromatic carbocycles. The fourth-order valence-corrected chi connectivity index (χ4v) is 4.40. The van der Waals surface area contributed by atoms with Crippen molar-refractivity contribution in [2.24, 2.45) is 0 Å². The molecule has 0 aliphatic rings. The Labute approximate surface area is 199 Å². The fourth-order valence-electron chi connectivity index (χ4n) is 3.19. The van der Waals surface area contributed by atoms with Gasteiger partial charge in [-0.3, -0.25) is 9.59 Å². The molecule has 0 aliphatic carbocycles. The molecule has 0 spiro atoms. The summed E-state index contributed by atoms with van der Waals surface area (Å²) in [5.41, 5.74) is 2.08. The van der Waals surface area contributed by atoms with E-state index in [1.807, 2.05) is 38.1 Å². The lowest BCUT2D eigenvalue weighted by Crippen LogP contribution is -2.49. The van der Waals surface area contributed by atoms with Crippen molar-refractivity contribution in [3.05, 3.63) is 69.7 Å². The summed E-state index contributed by atoms with van der Waals surface area (Å²) in [5, 5.41) is 3.83. The first-order valence-electron chi connectivity index (χ1n) is 10.6. The highest BCUT2D eigenvalue weighted by Crippen LogP contribution is 2.24. The molecule has 7 heteroatoms. The van der Waals surface area contributed by atoms with Crippen LogP contribution in [0.4, 0.5) is 0 Å². The van der Waals surface area contributed by atoms with Gasteiger partial charge in [0.15, 0.2) is 0 Å². The number of nitrogens with zero attached hydrogens (tertiary/aromatic N) is 1. The molecular formula is C24H30Cl2N2O2S. The largest absolute Gasteiger partial charge is 0.354 e. The predicted octanol–water partition coefficient (Wildman–Crippen LogP) is 5.95. The minimum absolute atomic E-state index is 0.0369. The molecule has 1 unspecified atom stereocenters. The Hall–Kier alpha value is -1.69. The summed E-state index contributed by atoms with van der Waals surface area (Å²) in [6.45, 7) is 4.84. The molecule has 168 valence electrons. The van der Waals surface area contributed by atoms with E-state index >= 15 is 0 Å². The maximum atomic E-state index is 13.2. The van der Waals surface area contributed by atoms with E-state index in [1.54, 1.807) is 28.8 Å². The molecule has 0 saturated heterocycles. The second kappa shape index (κ2) is 13.7. The van der Waals surface area contributed by atoms with Crippen molar-refractivity contribution < 1.29 is 9.59 Å². The van der Waals surface area contributed by atoms with Gasteiger partial charge in [0.05, 0.1) is 10.0 Å². The lowest BCUT2D eigenvalue weighted by atomic mass is 10.1. The summed E-state index contributed by atoms with van der Waals surface area (Å²) in [6.07, 6.45) is 1.76. The minimum Gasteiger partial charge on any atom is -0.354 e. The predicted molar refractivity (Wildman–Crippen MR) is 132 cm³/mol. The van der Waals surface area contributed by atoms with E-state index in [0.29, 0.717) is 41.7 Å². The molecule has 4 nitrogen and oxygen atoms in total. The molecule has 1 atom stereocenters. The minimum atomic E-state index is -0.521. The van der Waals surface area contributed by atoms with E-state index in [9.17, 15) is 9.59 Å². The number of carbonyl (C=O) groups is 2. The molecule has 31 heavy (non-hydrogen) atoms. The number of hydrogen-bond acceptors (Lipinski definition) is 3. The van der Waals surface area contributed by atoms with Crippen molar-refractivity contribution >= 4 is 46.8 Å². The maximum absolute atomic E-state index is 13.2. The normalized spacial score (nSPS) is 11.7. The summed E-state index contributed by atoms with van der Waals surface area (Å²) in [7, 11) is 0. The highest BCUT2D eigenvalue weighted by atomic mass is 35.5. The van der Waals surface area contributed by atoms with E-state index in [4.69, 9.17) is 23.2 Å². The monoisotopic (exact) mass is 480 g/mol. The Kier molecular flexibility index (Phi) is 11.3. The average Bonchev–Trinajstić information content (AvgIpc) is 2.78. The zero-order valence-corrected chi connectivity index (χ0v) is 20.4. The van der Waals surface area contributed by atoms with Crippen molar-refractivity contribution in [3.63, 3.8) is 0 Å². The third kappa shape index (κ3) is 8.40. The molecule has 0 saturated carbocycles. The van der Waals surface area contributed by atoms with Gasteiger partial charge in [-0.15, -0.1) is 0 Å². The molecule has 0 heterocycles. The van der Waals surface area contributed by atoms with Crippen LogP contribution < -0.4 is 5.32 Å². The Bertz CT molecular complexity index is 849. The summed E-state index contributed by atoms with van der Waals surface area (Å²) < 4.78 is 0. The molecule has 2 amide bonds. The summed E-state index contributed by atoms with van der Waals surface area (Å²) >= 11 is 13.9. The van der Waals surface area contributed by atoms with Crippen molar-refractivity contribution in [2.75, 3.05) is 12.3 Å². The number of thioether (sulfide) groups is 1. The molecule has 1 N–H and O–H groups in total. The Morgan fingerprint density at radius 2 is 1.77 bits per heavy atom. The molecule has 0 radical (unpaired) electrons. The third-order valence-electron chi connectivity index (χ3n) is 4.84. The third-order valence-corrected chi connectivity index (χ3v) is 6.61. The maximum Gasteiger partial charge on any atom is 0.242 e. The number of hydrogen-bond donors (Lipinski definition) is 1. The number of carbonyl (C=O) groups excluding carboxylic acids is 2. The lowest BCUT2D eigenvalue weighted by molar-refractivity contribution is -0.141. The summed E-state index contributed by atoms with van der Waals surface area (Å²) in [6, 6.07) is 15.0. The number of amides is 2. The van der Waals surface area contributed by atoms with Crippen LogP contribution in [0.5, 0.6) is 0 Å². The molecular weight excluding hydrogens is 451 g/mol. The van der Waals surface area contributed by atoms with Gasteiger partial charge >= 0.3 is 0 Å². The van der Waals surface area contributed by atoms with Gasteiger partial charge in [0, 0.05) is 31.0 Å². The van der Waals surface area contributed by atoms with E-state index in [2.05, 4.69) is 17.4 Å². The Morgan fingerprint density at radius 3 is 2.42 bits per heavy atom. The van der Waals surface area contributed by atoms with Crippen LogP contribution in [-0.4, -0.2) is 35.1 Å². The molecule has 0 fully saturated rings. The zero-order chi connectivity index (χ0) is 22.6. The van der Waals surface area contributed by atoms with Crippen molar-refractivity contribution in [1.29, 1.82) is 0 Å². The Balaban J connectivity index is 2.07. The average molecular weight is 481 g/mol. The van der Waals surface area contributed by atoms with Crippen LogP contribution in [0.1, 0.15) is 44.2 Å². The molecule has 0 bridgehead atoms. The first-order valence-corrected chi connectivity index (χ1v) is 12.5. The summed E-state index contributed by atoms with van der Waals surface area (Å²) in [4.78, 5) is 27.6.